The van der Waals surface area contributed by atoms with Crippen molar-refractivity contribution >= 4 is 17.4 Å². The van der Waals surface area contributed by atoms with Crippen molar-refractivity contribution in [1.29, 1.82) is 0 Å². The highest BCUT2D eigenvalue weighted by Gasteiger charge is 2.31. The normalized spacial score (nSPS) is 18.3. The van der Waals surface area contributed by atoms with Gasteiger partial charge >= 0.3 is 0 Å². The van der Waals surface area contributed by atoms with Gasteiger partial charge in [-0.2, -0.15) is 0 Å². The molecule has 7 heteroatoms. The zero-order valence-corrected chi connectivity index (χ0v) is 21.5. The molecule has 3 heterocycles. The van der Waals surface area contributed by atoms with Crippen molar-refractivity contribution in [1.82, 2.24) is 15.1 Å². The van der Waals surface area contributed by atoms with Crippen LogP contribution < -0.4 is 14.5 Å². The average molecular weight is 486 g/mol. The number of rotatable bonds is 5. The topological polar surface area (TPSA) is 61.8 Å². The molecule has 1 atom stereocenters. The molecule has 1 unspecified atom stereocenters. The van der Waals surface area contributed by atoms with Gasteiger partial charge in [-0.25, -0.2) is 0 Å². The van der Waals surface area contributed by atoms with Crippen molar-refractivity contribution < 1.29 is 9.53 Å². The summed E-state index contributed by atoms with van der Waals surface area (Å²) in [6.45, 7) is 9.05. The van der Waals surface area contributed by atoms with Gasteiger partial charge in [0.2, 0.25) is 5.91 Å². The Hall–Kier alpha value is -3.61. The Labute approximate surface area is 213 Å². The molecule has 0 radical (unpaired) electrons. The van der Waals surface area contributed by atoms with Crippen molar-refractivity contribution in [2.45, 2.75) is 26.7 Å². The Balaban J connectivity index is 1.18. The van der Waals surface area contributed by atoms with Crippen LogP contribution in [0.2, 0.25) is 0 Å². The number of amides is 1. The minimum atomic E-state index is 0.00695. The van der Waals surface area contributed by atoms with Gasteiger partial charge in [-0.15, -0.1) is 10.2 Å². The van der Waals surface area contributed by atoms with Gasteiger partial charge in [0.15, 0.2) is 5.82 Å². The molecule has 2 aliphatic heterocycles. The monoisotopic (exact) mass is 485 g/mol. The van der Waals surface area contributed by atoms with Gasteiger partial charge in [-0.05, 0) is 80.3 Å². The van der Waals surface area contributed by atoms with Crippen LogP contribution in [0.25, 0.3) is 11.3 Å². The summed E-state index contributed by atoms with van der Waals surface area (Å²) in [5.41, 5.74) is 5.66. The second kappa shape index (κ2) is 10.6. The van der Waals surface area contributed by atoms with Gasteiger partial charge in [-0.1, -0.05) is 12.1 Å². The highest BCUT2D eigenvalue weighted by molar-refractivity contribution is 5.80. The summed E-state index contributed by atoms with van der Waals surface area (Å²) < 4.78 is 5.26. The van der Waals surface area contributed by atoms with E-state index in [9.17, 15) is 4.79 Å². The predicted octanol–water partition coefficient (Wildman–Crippen LogP) is 4.33. The summed E-state index contributed by atoms with van der Waals surface area (Å²) in [5.74, 6) is 1.99. The molecule has 3 aromatic rings. The number of carbonyl (C=O) groups excluding carboxylic acids is 1. The minimum absolute atomic E-state index is 0.00695. The standard InChI is InChI=1S/C29H35N5O2/c1-21-6-7-23(19-22(21)2)27-12-13-28(31-30-27)34-14-4-5-24(20-34)29(35)33-17-15-32(16-18-33)25-8-10-26(36-3)11-9-25/h6-13,19,24H,4-5,14-18,20H2,1-3H3. The van der Waals surface area contributed by atoms with Crippen LogP contribution in [0.5, 0.6) is 5.75 Å². The van der Waals surface area contributed by atoms with Gasteiger partial charge < -0.3 is 19.4 Å². The number of aryl methyl sites for hydroxylation is 2. The van der Waals surface area contributed by atoms with E-state index in [0.29, 0.717) is 6.54 Å². The SMILES string of the molecule is COc1ccc(N2CCN(C(=O)C3CCCN(c4ccc(-c5ccc(C)c(C)c5)nn4)C3)CC2)cc1. The van der Waals surface area contributed by atoms with Crippen LogP contribution >= 0.6 is 0 Å². The Morgan fingerprint density at radius 1 is 0.861 bits per heavy atom. The van der Waals surface area contributed by atoms with Crippen LogP contribution in [0.1, 0.15) is 24.0 Å². The zero-order chi connectivity index (χ0) is 25.1. The first-order valence-electron chi connectivity index (χ1n) is 12.9. The van der Waals surface area contributed by atoms with Crippen LogP contribution in [0.3, 0.4) is 0 Å². The maximum atomic E-state index is 13.4. The molecule has 2 fully saturated rings. The van der Waals surface area contributed by atoms with E-state index in [2.05, 4.69) is 64.2 Å². The van der Waals surface area contributed by atoms with Crippen molar-refractivity contribution in [2.24, 2.45) is 5.92 Å². The van der Waals surface area contributed by atoms with E-state index in [0.717, 1.165) is 68.4 Å². The second-order valence-electron chi connectivity index (χ2n) is 9.87. The molecule has 0 bridgehead atoms. The molecule has 188 valence electrons. The van der Waals surface area contributed by atoms with Crippen molar-refractivity contribution in [3.05, 3.63) is 65.7 Å². The van der Waals surface area contributed by atoms with E-state index in [1.54, 1.807) is 7.11 Å². The van der Waals surface area contributed by atoms with Gasteiger partial charge in [0.1, 0.15) is 5.75 Å². The maximum absolute atomic E-state index is 13.4. The molecule has 1 aromatic heterocycles. The Bertz CT molecular complexity index is 1190. The molecule has 5 rings (SSSR count). The van der Waals surface area contributed by atoms with E-state index < -0.39 is 0 Å². The van der Waals surface area contributed by atoms with Crippen molar-refractivity contribution in [3.63, 3.8) is 0 Å². The molecular weight excluding hydrogens is 450 g/mol. The maximum Gasteiger partial charge on any atom is 0.227 e. The first-order chi connectivity index (χ1) is 17.5. The highest BCUT2D eigenvalue weighted by Crippen LogP contribution is 2.26. The Morgan fingerprint density at radius 2 is 1.64 bits per heavy atom. The summed E-state index contributed by atoms with van der Waals surface area (Å²) in [7, 11) is 1.68. The van der Waals surface area contributed by atoms with E-state index in [4.69, 9.17) is 4.74 Å². The number of methoxy groups -OCH3 is 1. The van der Waals surface area contributed by atoms with Crippen LogP contribution in [0.15, 0.2) is 54.6 Å². The quantitative estimate of drug-likeness (QED) is 0.536. The lowest BCUT2D eigenvalue weighted by molar-refractivity contribution is -0.136. The summed E-state index contributed by atoms with van der Waals surface area (Å²) in [4.78, 5) is 20.0. The zero-order valence-electron chi connectivity index (χ0n) is 21.5. The smallest absolute Gasteiger partial charge is 0.227 e. The number of nitrogens with zero attached hydrogens (tertiary/aromatic N) is 5. The molecule has 2 aliphatic rings. The van der Waals surface area contributed by atoms with Gasteiger partial charge in [0.25, 0.3) is 0 Å². The number of piperazine rings is 1. The summed E-state index contributed by atoms with van der Waals surface area (Å²) in [6, 6.07) is 18.6. The first-order valence-corrected chi connectivity index (χ1v) is 12.9. The fraction of sp³-hybridized carbons (Fsp3) is 0.414. The Morgan fingerprint density at radius 3 is 2.31 bits per heavy atom. The van der Waals surface area contributed by atoms with E-state index in [1.165, 1.54) is 16.8 Å². The molecule has 2 saturated heterocycles. The van der Waals surface area contributed by atoms with Crippen molar-refractivity contribution in [3.8, 4) is 17.0 Å². The number of hydrogen-bond acceptors (Lipinski definition) is 6. The summed E-state index contributed by atoms with van der Waals surface area (Å²) in [6.07, 6.45) is 1.92. The van der Waals surface area contributed by atoms with Gasteiger partial charge in [-0.3, -0.25) is 4.79 Å². The van der Waals surface area contributed by atoms with E-state index >= 15 is 0 Å². The fourth-order valence-electron chi connectivity index (χ4n) is 5.17. The molecule has 1 amide bonds. The third-order valence-corrected chi connectivity index (χ3v) is 7.58. The third-order valence-electron chi connectivity index (χ3n) is 7.58. The van der Waals surface area contributed by atoms with Crippen LogP contribution in [-0.2, 0) is 4.79 Å². The largest absolute Gasteiger partial charge is 0.497 e. The molecular formula is C29H35N5O2. The summed E-state index contributed by atoms with van der Waals surface area (Å²) in [5, 5.41) is 9.03. The van der Waals surface area contributed by atoms with Gasteiger partial charge in [0.05, 0.1) is 18.7 Å². The van der Waals surface area contributed by atoms with Crippen LogP contribution in [0.4, 0.5) is 11.5 Å². The van der Waals surface area contributed by atoms with Crippen molar-refractivity contribution in [2.75, 3.05) is 56.2 Å². The number of ether oxygens (including phenoxy) is 1. The molecule has 0 N–H and O–H groups in total. The molecule has 0 saturated carbocycles. The Kier molecular flexibility index (Phi) is 7.07. The van der Waals surface area contributed by atoms with E-state index in [-0.39, 0.29) is 11.8 Å². The lowest BCUT2D eigenvalue weighted by Crippen LogP contribution is -2.52. The summed E-state index contributed by atoms with van der Waals surface area (Å²) >= 11 is 0. The predicted molar refractivity (Wildman–Crippen MR) is 144 cm³/mol. The second-order valence-corrected chi connectivity index (χ2v) is 9.87. The molecule has 7 nitrogen and oxygen atoms in total. The molecule has 0 aliphatic carbocycles. The lowest BCUT2D eigenvalue weighted by atomic mass is 9.96. The number of hydrogen-bond donors (Lipinski definition) is 0. The third kappa shape index (κ3) is 5.15. The molecule has 36 heavy (non-hydrogen) atoms. The number of aromatic nitrogens is 2. The number of carbonyl (C=O) groups is 1. The molecule has 0 spiro atoms. The molecule has 2 aromatic carbocycles. The van der Waals surface area contributed by atoms with E-state index in [1.807, 2.05) is 29.2 Å². The van der Waals surface area contributed by atoms with Crippen LogP contribution in [-0.4, -0.2) is 67.4 Å². The lowest BCUT2D eigenvalue weighted by Gasteiger charge is -2.40. The minimum Gasteiger partial charge on any atom is -0.497 e. The number of benzene rings is 2. The fourth-order valence-corrected chi connectivity index (χ4v) is 5.17. The number of anilines is 2. The average Bonchev–Trinajstić information content (AvgIpc) is 2.94. The van der Waals surface area contributed by atoms with Gasteiger partial charge in [0, 0.05) is 50.5 Å². The highest BCUT2D eigenvalue weighted by atomic mass is 16.5. The first kappa shape index (κ1) is 24.1. The number of piperidine rings is 1. The van der Waals surface area contributed by atoms with Crippen LogP contribution in [0, 0.1) is 19.8 Å².